The molecule has 0 saturated carbocycles. The predicted molar refractivity (Wildman–Crippen MR) is 115 cm³/mol. The van der Waals surface area contributed by atoms with Crippen LogP contribution in [-0.4, -0.2) is 26.4 Å². The topological polar surface area (TPSA) is 69.0 Å². The normalized spacial score (nSPS) is 11.9. The van der Waals surface area contributed by atoms with Gasteiger partial charge in [0.25, 0.3) is 0 Å². The molecule has 10 heteroatoms. The summed E-state index contributed by atoms with van der Waals surface area (Å²) in [6.45, 7) is 4.40. The molecule has 0 saturated heterocycles. The van der Waals surface area contributed by atoms with Crippen LogP contribution in [0.5, 0.6) is 5.75 Å². The van der Waals surface area contributed by atoms with Crippen molar-refractivity contribution in [2.24, 2.45) is 0 Å². The van der Waals surface area contributed by atoms with Crippen molar-refractivity contribution in [2.75, 3.05) is 11.1 Å². The van der Waals surface area contributed by atoms with Crippen molar-refractivity contribution in [3.05, 3.63) is 64.4 Å². The zero-order chi connectivity index (χ0) is 21.7. The van der Waals surface area contributed by atoms with Gasteiger partial charge in [-0.1, -0.05) is 27.7 Å². The Morgan fingerprint density at radius 3 is 2.63 bits per heavy atom. The van der Waals surface area contributed by atoms with Crippen molar-refractivity contribution in [2.45, 2.75) is 31.7 Å². The fourth-order valence-electron chi connectivity index (χ4n) is 2.68. The lowest BCUT2D eigenvalue weighted by Crippen LogP contribution is -2.16. The predicted octanol–water partition coefficient (Wildman–Crippen LogP) is 5.21. The van der Waals surface area contributed by atoms with Crippen LogP contribution in [0.1, 0.15) is 25.8 Å². The van der Waals surface area contributed by atoms with Crippen molar-refractivity contribution in [3.8, 4) is 5.75 Å². The van der Waals surface area contributed by atoms with E-state index in [9.17, 15) is 13.6 Å². The monoisotopic (exact) mass is 496 g/mol. The van der Waals surface area contributed by atoms with Crippen LogP contribution in [0.2, 0.25) is 0 Å². The van der Waals surface area contributed by atoms with E-state index in [-0.39, 0.29) is 17.5 Å². The van der Waals surface area contributed by atoms with Gasteiger partial charge in [-0.15, -0.1) is 10.2 Å². The van der Waals surface area contributed by atoms with Gasteiger partial charge in [0.2, 0.25) is 5.91 Å². The van der Waals surface area contributed by atoms with E-state index in [1.54, 1.807) is 0 Å². The van der Waals surface area contributed by atoms with Gasteiger partial charge in [0.15, 0.2) is 17.1 Å². The summed E-state index contributed by atoms with van der Waals surface area (Å²) in [6.07, 6.45) is -0.352. The van der Waals surface area contributed by atoms with E-state index in [2.05, 4.69) is 31.4 Å². The van der Waals surface area contributed by atoms with Crippen LogP contribution in [0.3, 0.4) is 0 Å². The number of nitrogens with one attached hydrogen (secondary N) is 1. The van der Waals surface area contributed by atoms with Gasteiger partial charge in [0.05, 0.1) is 11.4 Å². The van der Waals surface area contributed by atoms with Crippen molar-refractivity contribution < 1.29 is 18.3 Å². The number of carbonyl (C=O) groups is 1. The molecule has 0 bridgehead atoms. The molecule has 0 spiro atoms. The molecular formula is C20H19BrF2N4O2S. The summed E-state index contributed by atoms with van der Waals surface area (Å²) in [5, 5.41) is 11.3. The number of hydrogen-bond acceptors (Lipinski definition) is 5. The van der Waals surface area contributed by atoms with Gasteiger partial charge in [-0.2, -0.15) is 0 Å². The Bertz CT molecular complexity index is 1030. The average Bonchev–Trinajstić information content (AvgIpc) is 3.13. The number of anilines is 1. The van der Waals surface area contributed by atoms with Crippen LogP contribution in [0, 0.1) is 11.6 Å². The second-order valence-corrected chi connectivity index (χ2v) is 8.12. The van der Waals surface area contributed by atoms with E-state index < -0.39 is 17.5 Å². The first kappa shape index (κ1) is 22.2. The molecule has 1 N–H and O–H groups in total. The molecule has 0 aliphatic rings. The second kappa shape index (κ2) is 10.0. The third-order valence-corrected chi connectivity index (χ3v) is 5.58. The number of ether oxygens (including phenoxy) is 1. The maximum Gasteiger partial charge on any atom is 0.234 e. The number of carbonyl (C=O) groups excluding carboxylic acids is 1. The van der Waals surface area contributed by atoms with Gasteiger partial charge in [-0.05, 0) is 50.2 Å². The number of hydrogen-bond donors (Lipinski definition) is 1. The quantitative estimate of drug-likeness (QED) is 0.433. The Morgan fingerprint density at radius 1 is 1.23 bits per heavy atom. The number of rotatable bonds is 8. The Kier molecular flexibility index (Phi) is 7.43. The second-order valence-electron chi connectivity index (χ2n) is 6.26. The minimum Gasteiger partial charge on any atom is -0.483 e. The molecule has 30 heavy (non-hydrogen) atoms. The lowest BCUT2D eigenvalue weighted by atomic mass is 10.3. The summed E-state index contributed by atoms with van der Waals surface area (Å²) in [4.78, 5) is 12.2. The number of thioether (sulfide) groups is 1. The summed E-state index contributed by atoms with van der Waals surface area (Å²) in [7, 11) is 0. The first-order chi connectivity index (χ1) is 14.4. The molecule has 1 unspecified atom stereocenters. The maximum absolute atomic E-state index is 13.7. The van der Waals surface area contributed by atoms with E-state index in [0.29, 0.717) is 23.3 Å². The minimum absolute atomic E-state index is 0.00308. The van der Waals surface area contributed by atoms with Crippen LogP contribution in [0.25, 0.3) is 0 Å². The molecule has 2 aromatic carbocycles. The van der Waals surface area contributed by atoms with E-state index >= 15 is 0 Å². The fraction of sp³-hybridized carbons (Fsp3) is 0.250. The molecule has 6 nitrogen and oxygen atoms in total. The molecule has 1 aromatic heterocycles. The van der Waals surface area contributed by atoms with E-state index in [1.165, 1.54) is 17.8 Å². The van der Waals surface area contributed by atoms with Gasteiger partial charge in [-0.3, -0.25) is 4.79 Å². The molecule has 158 valence electrons. The highest BCUT2D eigenvalue weighted by Crippen LogP contribution is 2.26. The highest BCUT2D eigenvalue weighted by molar-refractivity contribution is 9.10. The highest BCUT2D eigenvalue weighted by atomic mass is 79.9. The molecule has 0 aliphatic heterocycles. The molecular weight excluding hydrogens is 478 g/mol. The first-order valence-electron chi connectivity index (χ1n) is 9.10. The van der Waals surface area contributed by atoms with Crippen LogP contribution >= 0.6 is 27.7 Å². The summed E-state index contributed by atoms with van der Waals surface area (Å²) >= 11 is 4.56. The van der Waals surface area contributed by atoms with Gasteiger partial charge >= 0.3 is 0 Å². The van der Waals surface area contributed by atoms with E-state index in [4.69, 9.17) is 4.74 Å². The Labute approximate surface area is 185 Å². The van der Waals surface area contributed by atoms with Gasteiger partial charge in [0.1, 0.15) is 17.4 Å². The zero-order valence-electron chi connectivity index (χ0n) is 16.2. The molecule has 0 radical (unpaired) electrons. The van der Waals surface area contributed by atoms with Crippen molar-refractivity contribution in [1.29, 1.82) is 0 Å². The smallest absolute Gasteiger partial charge is 0.234 e. The van der Waals surface area contributed by atoms with E-state index in [1.807, 2.05) is 42.7 Å². The third kappa shape index (κ3) is 5.57. The molecule has 1 atom stereocenters. The largest absolute Gasteiger partial charge is 0.483 e. The van der Waals surface area contributed by atoms with Gasteiger partial charge < -0.3 is 14.6 Å². The Morgan fingerprint density at radius 2 is 1.97 bits per heavy atom. The van der Waals surface area contributed by atoms with Crippen LogP contribution in [-0.2, 0) is 11.3 Å². The summed E-state index contributed by atoms with van der Waals surface area (Å²) < 4.78 is 35.4. The third-order valence-electron chi connectivity index (χ3n) is 4.09. The summed E-state index contributed by atoms with van der Waals surface area (Å²) in [6, 6.07) is 10.5. The molecule has 1 heterocycles. The molecule has 3 aromatic rings. The molecule has 0 fully saturated rings. The minimum atomic E-state index is -0.828. The average molecular weight is 497 g/mol. The molecule has 0 aliphatic carbocycles. The van der Waals surface area contributed by atoms with Crippen LogP contribution < -0.4 is 10.1 Å². The van der Waals surface area contributed by atoms with E-state index in [0.717, 1.165) is 16.6 Å². The van der Waals surface area contributed by atoms with Crippen LogP contribution in [0.15, 0.2) is 52.1 Å². The summed E-state index contributed by atoms with van der Waals surface area (Å²) in [5.74, 6) is -0.637. The first-order valence-corrected chi connectivity index (χ1v) is 10.9. The lowest BCUT2D eigenvalue weighted by Gasteiger charge is -2.15. The maximum atomic E-state index is 13.7. The van der Waals surface area contributed by atoms with Gasteiger partial charge in [-0.25, -0.2) is 8.78 Å². The molecule has 3 rings (SSSR count). The fourth-order valence-corrected chi connectivity index (χ4v) is 3.76. The number of halogens is 3. The molecule has 1 amide bonds. The zero-order valence-corrected chi connectivity index (χ0v) is 18.6. The van der Waals surface area contributed by atoms with Crippen molar-refractivity contribution in [1.82, 2.24) is 14.8 Å². The number of benzene rings is 2. The summed E-state index contributed by atoms with van der Waals surface area (Å²) in [5.41, 5.74) is -0.0730. The van der Waals surface area contributed by atoms with Crippen molar-refractivity contribution in [3.63, 3.8) is 0 Å². The van der Waals surface area contributed by atoms with Gasteiger partial charge in [0, 0.05) is 17.1 Å². The van der Waals surface area contributed by atoms with Crippen LogP contribution in [0.4, 0.5) is 14.5 Å². The standard InChI is InChI=1S/C20H19BrF2N4O2S/c1-3-27-19(12(2)29-15-7-4-13(21)5-8-15)25-26-20(27)30-11-18(28)24-17-9-6-14(22)10-16(17)23/h4-10,12H,3,11H2,1-2H3,(H,24,28). The Balaban J connectivity index is 1.63. The highest BCUT2D eigenvalue weighted by Gasteiger charge is 2.19. The number of amides is 1. The lowest BCUT2D eigenvalue weighted by molar-refractivity contribution is -0.113. The SMILES string of the molecule is CCn1c(SCC(=O)Nc2ccc(F)cc2F)nnc1C(C)Oc1ccc(Br)cc1. The number of nitrogens with zero attached hydrogens (tertiary/aromatic N) is 3. The Hall–Kier alpha value is -2.46. The van der Waals surface area contributed by atoms with Crippen molar-refractivity contribution >= 4 is 39.3 Å². The number of aromatic nitrogens is 3.